The smallest absolute Gasteiger partial charge is 0.287 e. The first-order chi connectivity index (χ1) is 8.98. The van der Waals surface area contributed by atoms with Crippen LogP contribution in [0.4, 0.5) is 0 Å². The zero-order chi connectivity index (χ0) is 13.6. The van der Waals surface area contributed by atoms with Crippen molar-refractivity contribution in [3.63, 3.8) is 0 Å². The number of furan rings is 1. The Balaban J connectivity index is 1.78. The van der Waals surface area contributed by atoms with Gasteiger partial charge in [-0.2, -0.15) is 0 Å². The van der Waals surface area contributed by atoms with Crippen LogP contribution in [0.3, 0.4) is 0 Å². The van der Waals surface area contributed by atoms with E-state index >= 15 is 0 Å². The van der Waals surface area contributed by atoms with Crippen LogP contribution in [0.1, 0.15) is 30.8 Å². The van der Waals surface area contributed by atoms with Gasteiger partial charge in [0, 0.05) is 16.8 Å². The summed E-state index contributed by atoms with van der Waals surface area (Å²) in [5.74, 6) is 0.0968. The van der Waals surface area contributed by atoms with Gasteiger partial charge in [-0.25, -0.2) is 0 Å². The largest absolute Gasteiger partial charge is 0.451 e. The summed E-state index contributed by atoms with van der Waals surface area (Å²) >= 11 is 0. The van der Waals surface area contributed by atoms with E-state index in [1.807, 2.05) is 38.1 Å². The quantitative estimate of drug-likeness (QED) is 0.870. The number of rotatable bonds is 2. The lowest BCUT2D eigenvalue weighted by Gasteiger charge is -2.49. The van der Waals surface area contributed by atoms with Crippen LogP contribution in [-0.4, -0.2) is 23.2 Å². The second-order valence-corrected chi connectivity index (χ2v) is 5.75. The number of hydrogen-bond donors (Lipinski definition) is 2. The van der Waals surface area contributed by atoms with E-state index in [0.29, 0.717) is 17.8 Å². The standard InChI is InChI=1S/C15H17NO3/c1-15(2)12(8-13(15)17)16-14(18)11-7-9-5-3-4-6-10(9)19-11/h3-7,12-13,17H,8H2,1-2H3,(H,16,18). The molecule has 0 aliphatic heterocycles. The zero-order valence-electron chi connectivity index (χ0n) is 11.0. The molecule has 0 bridgehead atoms. The SMILES string of the molecule is CC1(C)C(O)CC1NC(=O)c1cc2ccccc2o1. The van der Waals surface area contributed by atoms with E-state index in [1.54, 1.807) is 6.07 Å². The van der Waals surface area contributed by atoms with Crippen LogP contribution in [-0.2, 0) is 0 Å². The number of para-hydroxylation sites is 1. The van der Waals surface area contributed by atoms with Crippen LogP contribution in [0.15, 0.2) is 34.7 Å². The topological polar surface area (TPSA) is 62.5 Å². The average Bonchev–Trinajstić information content (AvgIpc) is 2.82. The summed E-state index contributed by atoms with van der Waals surface area (Å²) in [5.41, 5.74) is 0.433. The van der Waals surface area contributed by atoms with E-state index < -0.39 is 0 Å². The molecule has 1 amide bonds. The van der Waals surface area contributed by atoms with Crippen molar-refractivity contribution in [2.24, 2.45) is 5.41 Å². The minimum Gasteiger partial charge on any atom is -0.451 e. The number of amides is 1. The van der Waals surface area contributed by atoms with E-state index in [4.69, 9.17) is 4.42 Å². The van der Waals surface area contributed by atoms with Gasteiger partial charge >= 0.3 is 0 Å². The Morgan fingerprint density at radius 3 is 2.79 bits per heavy atom. The molecule has 1 aromatic heterocycles. The fourth-order valence-corrected chi connectivity index (χ4v) is 2.47. The molecule has 1 heterocycles. The third-order valence-electron chi connectivity index (χ3n) is 4.17. The Hall–Kier alpha value is -1.81. The third-order valence-corrected chi connectivity index (χ3v) is 4.17. The molecule has 1 fully saturated rings. The van der Waals surface area contributed by atoms with Crippen molar-refractivity contribution < 1.29 is 14.3 Å². The normalized spacial score (nSPS) is 25.0. The lowest BCUT2D eigenvalue weighted by molar-refractivity contribution is -0.0691. The first-order valence-electron chi connectivity index (χ1n) is 6.46. The molecule has 4 nitrogen and oxygen atoms in total. The predicted molar refractivity (Wildman–Crippen MR) is 71.9 cm³/mol. The van der Waals surface area contributed by atoms with Crippen LogP contribution in [0.25, 0.3) is 11.0 Å². The van der Waals surface area contributed by atoms with Gasteiger partial charge in [0.2, 0.25) is 0 Å². The number of carbonyl (C=O) groups excluding carboxylic acids is 1. The highest BCUT2D eigenvalue weighted by atomic mass is 16.3. The predicted octanol–water partition coefficient (Wildman–Crippen LogP) is 2.32. The monoisotopic (exact) mass is 259 g/mol. The molecular formula is C15H17NO3. The van der Waals surface area contributed by atoms with Gasteiger partial charge < -0.3 is 14.8 Å². The van der Waals surface area contributed by atoms with Gasteiger partial charge in [-0.1, -0.05) is 32.0 Å². The summed E-state index contributed by atoms with van der Waals surface area (Å²) in [6.07, 6.45) is 0.243. The molecule has 2 unspecified atom stereocenters. The lowest BCUT2D eigenvalue weighted by Crippen LogP contribution is -2.61. The highest BCUT2D eigenvalue weighted by Crippen LogP contribution is 2.40. The first kappa shape index (κ1) is 12.2. The number of aliphatic hydroxyl groups is 1. The molecule has 3 rings (SSSR count). The maximum Gasteiger partial charge on any atom is 0.287 e. The Kier molecular flexibility index (Phi) is 2.64. The summed E-state index contributed by atoms with van der Waals surface area (Å²) < 4.78 is 5.52. The second kappa shape index (κ2) is 4.10. The van der Waals surface area contributed by atoms with Crippen LogP contribution < -0.4 is 5.32 Å². The molecule has 4 heteroatoms. The van der Waals surface area contributed by atoms with Gasteiger partial charge in [0.25, 0.3) is 5.91 Å². The summed E-state index contributed by atoms with van der Waals surface area (Å²) in [6, 6.07) is 9.26. The molecule has 1 aromatic carbocycles. The lowest BCUT2D eigenvalue weighted by atomic mass is 9.64. The molecular weight excluding hydrogens is 242 g/mol. The summed E-state index contributed by atoms with van der Waals surface area (Å²) in [7, 11) is 0. The number of hydrogen-bond acceptors (Lipinski definition) is 3. The number of aliphatic hydroxyl groups excluding tert-OH is 1. The van der Waals surface area contributed by atoms with Gasteiger partial charge in [0.1, 0.15) is 5.58 Å². The molecule has 1 aliphatic carbocycles. The van der Waals surface area contributed by atoms with E-state index in [1.165, 1.54) is 0 Å². The van der Waals surface area contributed by atoms with Crippen LogP contribution in [0.5, 0.6) is 0 Å². The Bertz CT molecular complexity index is 596. The summed E-state index contributed by atoms with van der Waals surface area (Å²) in [5, 5.41) is 13.5. The molecule has 2 aromatic rings. The van der Waals surface area contributed by atoms with Crippen molar-refractivity contribution >= 4 is 16.9 Å². The maximum absolute atomic E-state index is 12.1. The Labute approximate surface area is 111 Å². The van der Waals surface area contributed by atoms with Gasteiger partial charge in [0.15, 0.2) is 5.76 Å². The number of fused-ring (bicyclic) bond motifs is 1. The molecule has 19 heavy (non-hydrogen) atoms. The van der Waals surface area contributed by atoms with E-state index in [0.717, 1.165) is 5.39 Å². The number of carbonyl (C=O) groups is 1. The van der Waals surface area contributed by atoms with Crippen molar-refractivity contribution in [1.82, 2.24) is 5.32 Å². The molecule has 0 saturated heterocycles. The maximum atomic E-state index is 12.1. The zero-order valence-corrected chi connectivity index (χ0v) is 11.0. The van der Waals surface area contributed by atoms with Gasteiger partial charge in [-0.3, -0.25) is 4.79 Å². The molecule has 2 atom stereocenters. The number of nitrogens with one attached hydrogen (secondary N) is 1. The molecule has 0 spiro atoms. The van der Waals surface area contributed by atoms with E-state index in [2.05, 4.69) is 5.32 Å². The van der Waals surface area contributed by atoms with Crippen molar-refractivity contribution in [2.45, 2.75) is 32.4 Å². The van der Waals surface area contributed by atoms with Gasteiger partial charge in [-0.05, 0) is 18.6 Å². The minimum absolute atomic E-state index is 0.0109. The highest BCUT2D eigenvalue weighted by Gasteiger charge is 2.48. The fraction of sp³-hybridized carbons (Fsp3) is 0.400. The van der Waals surface area contributed by atoms with Crippen LogP contribution in [0, 0.1) is 5.41 Å². The van der Waals surface area contributed by atoms with Crippen LogP contribution in [0.2, 0.25) is 0 Å². The number of benzene rings is 1. The minimum atomic E-state index is -0.353. The van der Waals surface area contributed by atoms with E-state index in [9.17, 15) is 9.90 Å². The fourth-order valence-electron chi connectivity index (χ4n) is 2.47. The van der Waals surface area contributed by atoms with Crippen molar-refractivity contribution in [3.05, 3.63) is 36.1 Å². The second-order valence-electron chi connectivity index (χ2n) is 5.75. The van der Waals surface area contributed by atoms with E-state index in [-0.39, 0.29) is 23.5 Å². The Morgan fingerprint density at radius 1 is 1.42 bits per heavy atom. The average molecular weight is 259 g/mol. The van der Waals surface area contributed by atoms with Gasteiger partial charge in [-0.15, -0.1) is 0 Å². The van der Waals surface area contributed by atoms with Crippen molar-refractivity contribution in [2.75, 3.05) is 0 Å². The molecule has 2 N–H and O–H groups in total. The Morgan fingerprint density at radius 2 is 2.16 bits per heavy atom. The van der Waals surface area contributed by atoms with Crippen LogP contribution >= 0.6 is 0 Å². The molecule has 1 aliphatic rings. The van der Waals surface area contributed by atoms with Crippen molar-refractivity contribution in [3.8, 4) is 0 Å². The molecule has 1 saturated carbocycles. The molecule has 0 radical (unpaired) electrons. The summed E-state index contributed by atoms with van der Waals surface area (Å²) in [4.78, 5) is 12.1. The summed E-state index contributed by atoms with van der Waals surface area (Å²) in [6.45, 7) is 3.90. The van der Waals surface area contributed by atoms with Gasteiger partial charge in [0.05, 0.1) is 6.10 Å². The molecule has 100 valence electrons. The highest BCUT2D eigenvalue weighted by molar-refractivity contribution is 5.96. The first-order valence-corrected chi connectivity index (χ1v) is 6.46. The van der Waals surface area contributed by atoms with Crippen molar-refractivity contribution in [1.29, 1.82) is 0 Å². The third kappa shape index (κ3) is 1.92.